The Kier molecular flexibility index (Phi) is 2.79. The molecule has 0 aromatic heterocycles. The number of rotatable bonds is 1. The van der Waals surface area contributed by atoms with E-state index in [-0.39, 0.29) is 12.0 Å². The average molecular weight is 291 g/mol. The summed E-state index contributed by atoms with van der Waals surface area (Å²) < 4.78 is 1.06. The van der Waals surface area contributed by atoms with Gasteiger partial charge in [-0.15, -0.1) is 0 Å². The molecule has 4 heteroatoms. The van der Waals surface area contributed by atoms with Gasteiger partial charge in [0.25, 0.3) is 0 Å². The first-order chi connectivity index (χ1) is 10.7. The summed E-state index contributed by atoms with van der Waals surface area (Å²) in [4.78, 5) is 0. The Bertz CT molecular complexity index is 795. The van der Waals surface area contributed by atoms with Crippen LogP contribution < -0.4 is 5.01 Å². The van der Waals surface area contributed by atoms with E-state index in [9.17, 15) is 5.21 Å². The minimum atomic E-state index is 0.0348. The van der Waals surface area contributed by atoms with Gasteiger partial charge in [0, 0.05) is 13.0 Å². The maximum absolute atomic E-state index is 12.6. The molecule has 0 bridgehead atoms. The van der Waals surface area contributed by atoms with Crippen molar-refractivity contribution in [2.75, 3.05) is 5.01 Å². The van der Waals surface area contributed by atoms with Gasteiger partial charge in [-0.2, -0.15) is 9.84 Å². The molecule has 2 aliphatic rings. The van der Waals surface area contributed by atoms with E-state index in [2.05, 4.69) is 17.1 Å². The number of fused-ring (bicyclic) bond motifs is 3. The summed E-state index contributed by atoms with van der Waals surface area (Å²) >= 11 is 0. The summed E-state index contributed by atoms with van der Waals surface area (Å²) in [5.74, 6) is 0.0348. The molecule has 0 saturated heterocycles. The molecule has 0 spiro atoms. The molecule has 0 fully saturated rings. The first-order valence-corrected chi connectivity index (χ1v) is 7.47. The minimum absolute atomic E-state index is 0.0348. The van der Waals surface area contributed by atoms with Crippen LogP contribution in [0.4, 0.5) is 11.4 Å². The van der Waals surface area contributed by atoms with Crippen LogP contribution in [0.3, 0.4) is 0 Å². The van der Waals surface area contributed by atoms with Crippen molar-refractivity contribution < 1.29 is 4.74 Å². The minimum Gasteiger partial charge on any atom is -0.618 e. The maximum atomic E-state index is 12.6. The van der Waals surface area contributed by atoms with E-state index in [0.717, 1.165) is 33.1 Å². The van der Waals surface area contributed by atoms with Crippen molar-refractivity contribution in [3.63, 3.8) is 0 Å². The zero-order valence-electron chi connectivity index (χ0n) is 12.6. The summed E-state index contributed by atoms with van der Waals surface area (Å²) in [5, 5.41) is 19.4. The monoisotopic (exact) mass is 291 g/mol. The third-order valence-corrected chi connectivity index (χ3v) is 4.56. The molecule has 0 aliphatic carbocycles. The lowest BCUT2D eigenvalue weighted by Gasteiger charge is -2.31. The molecule has 4 rings (SSSR count). The van der Waals surface area contributed by atoms with Crippen LogP contribution in [-0.2, 0) is 0 Å². The number of anilines is 1. The Balaban J connectivity index is 1.92. The second-order valence-electron chi connectivity index (χ2n) is 5.84. The van der Waals surface area contributed by atoms with Gasteiger partial charge in [0.15, 0.2) is 5.71 Å². The molecule has 2 heterocycles. The van der Waals surface area contributed by atoms with Gasteiger partial charge in [-0.3, -0.25) is 5.01 Å². The summed E-state index contributed by atoms with van der Waals surface area (Å²) in [5.41, 5.74) is 4.62. The summed E-state index contributed by atoms with van der Waals surface area (Å²) in [7, 11) is 0. The van der Waals surface area contributed by atoms with Gasteiger partial charge in [-0.1, -0.05) is 36.4 Å². The summed E-state index contributed by atoms with van der Waals surface area (Å²) in [6, 6.07) is 18.0. The molecular weight excluding hydrogens is 274 g/mol. The summed E-state index contributed by atoms with van der Waals surface area (Å²) in [6.07, 6.45) is 0. The highest BCUT2D eigenvalue weighted by atomic mass is 16.5. The molecule has 22 heavy (non-hydrogen) atoms. The fraction of sp³-hybridized carbons (Fsp3) is 0.222. The maximum Gasteiger partial charge on any atom is 0.221 e. The molecule has 0 amide bonds. The van der Waals surface area contributed by atoms with Gasteiger partial charge in [0.1, 0.15) is 12.0 Å². The van der Waals surface area contributed by atoms with Crippen molar-refractivity contribution in [3.8, 4) is 0 Å². The standard InChI is InChI=1S/C18H17N3O/c1-12-17-13(2)21(22)16-11-7-6-10-15(16)18(17)20(19-12)14-8-4-3-5-9-14/h3-11,17-18H,1-2H3/t17-,18+/m1/s1. The molecule has 2 aromatic carbocycles. The predicted molar refractivity (Wildman–Crippen MR) is 88.7 cm³/mol. The molecule has 0 N–H and O–H groups in total. The Morgan fingerprint density at radius 3 is 2.45 bits per heavy atom. The van der Waals surface area contributed by atoms with Crippen LogP contribution in [0.1, 0.15) is 25.5 Å². The van der Waals surface area contributed by atoms with Gasteiger partial charge in [-0.05, 0) is 19.1 Å². The zero-order valence-corrected chi connectivity index (χ0v) is 12.6. The van der Waals surface area contributed by atoms with Gasteiger partial charge in [0.05, 0.1) is 17.0 Å². The number of para-hydroxylation sites is 2. The van der Waals surface area contributed by atoms with E-state index in [4.69, 9.17) is 5.10 Å². The first kappa shape index (κ1) is 13.1. The predicted octanol–water partition coefficient (Wildman–Crippen LogP) is 3.86. The molecule has 2 atom stereocenters. The second-order valence-corrected chi connectivity index (χ2v) is 5.84. The zero-order chi connectivity index (χ0) is 15.3. The van der Waals surface area contributed by atoms with Crippen molar-refractivity contribution in [3.05, 3.63) is 65.4 Å². The lowest BCUT2D eigenvalue weighted by atomic mass is 9.83. The van der Waals surface area contributed by atoms with Crippen molar-refractivity contribution in [1.82, 2.24) is 0 Å². The van der Waals surface area contributed by atoms with E-state index in [1.165, 1.54) is 0 Å². The Hall–Kier alpha value is -2.62. The normalized spacial score (nSPS) is 23.2. The first-order valence-electron chi connectivity index (χ1n) is 7.47. The van der Waals surface area contributed by atoms with E-state index in [1.807, 2.05) is 56.3 Å². The van der Waals surface area contributed by atoms with E-state index < -0.39 is 0 Å². The third-order valence-electron chi connectivity index (χ3n) is 4.56. The quantitative estimate of drug-likeness (QED) is 0.591. The van der Waals surface area contributed by atoms with Crippen LogP contribution in [0.25, 0.3) is 0 Å². The van der Waals surface area contributed by atoms with Crippen molar-refractivity contribution in [2.24, 2.45) is 11.0 Å². The molecule has 4 nitrogen and oxygen atoms in total. The fourth-order valence-electron chi connectivity index (χ4n) is 3.54. The Labute approximate surface area is 129 Å². The van der Waals surface area contributed by atoms with Gasteiger partial charge < -0.3 is 5.21 Å². The Morgan fingerprint density at radius 2 is 1.68 bits per heavy atom. The van der Waals surface area contributed by atoms with Crippen LogP contribution in [-0.4, -0.2) is 16.2 Å². The molecule has 0 unspecified atom stereocenters. The number of benzene rings is 2. The van der Waals surface area contributed by atoms with Crippen LogP contribution >= 0.6 is 0 Å². The highest BCUT2D eigenvalue weighted by Gasteiger charge is 2.47. The van der Waals surface area contributed by atoms with Gasteiger partial charge >= 0.3 is 0 Å². The highest BCUT2D eigenvalue weighted by Crippen LogP contribution is 2.45. The van der Waals surface area contributed by atoms with E-state index in [1.54, 1.807) is 0 Å². The fourth-order valence-corrected chi connectivity index (χ4v) is 3.54. The number of hydrazone groups is 1. The van der Waals surface area contributed by atoms with Crippen molar-refractivity contribution in [1.29, 1.82) is 0 Å². The van der Waals surface area contributed by atoms with Crippen LogP contribution in [0.15, 0.2) is 59.7 Å². The molecular formula is C18H17N3O. The molecule has 2 aromatic rings. The second kappa shape index (κ2) is 4.70. The Morgan fingerprint density at radius 1 is 1.00 bits per heavy atom. The number of nitrogens with zero attached hydrogens (tertiary/aromatic N) is 3. The SMILES string of the molecule is CC1=NN(c2ccccc2)[C@H]2c3ccccc3[N+]([O-])=C(C)[C@@H]12. The lowest BCUT2D eigenvalue weighted by molar-refractivity contribution is -0.367. The van der Waals surface area contributed by atoms with E-state index in [0.29, 0.717) is 0 Å². The average Bonchev–Trinajstić information content (AvgIpc) is 2.91. The van der Waals surface area contributed by atoms with Crippen molar-refractivity contribution in [2.45, 2.75) is 19.9 Å². The van der Waals surface area contributed by atoms with Gasteiger partial charge in [-0.25, -0.2) is 0 Å². The topological polar surface area (TPSA) is 41.7 Å². The van der Waals surface area contributed by atoms with Gasteiger partial charge in [0.2, 0.25) is 5.69 Å². The molecule has 0 saturated carbocycles. The smallest absolute Gasteiger partial charge is 0.221 e. The van der Waals surface area contributed by atoms with Crippen molar-refractivity contribution >= 4 is 22.8 Å². The largest absolute Gasteiger partial charge is 0.618 e. The van der Waals surface area contributed by atoms with Crippen LogP contribution in [0, 0.1) is 11.1 Å². The number of hydrogen-bond donors (Lipinski definition) is 0. The van der Waals surface area contributed by atoms with Crippen LogP contribution in [0.2, 0.25) is 0 Å². The molecule has 0 radical (unpaired) electrons. The number of hydrogen-bond acceptors (Lipinski definition) is 3. The third kappa shape index (κ3) is 1.70. The molecule has 2 aliphatic heterocycles. The summed E-state index contributed by atoms with van der Waals surface area (Å²) in [6.45, 7) is 3.92. The van der Waals surface area contributed by atoms with Crippen LogP contribution in [0.5, 0.6) is 0 Å². The lowest BCUT2D eigenvalue weighted by Crippen LogP contribution is -2.36. The highest BCUT2D eigenvalue weighted by molar-refractivity contribution is 6.08. The molecule has 110 valence electrons. The van der Waals surface area contributed by atoms with E-state index >= 15 is 0 Å².